The van der Waals surface area contributed by atoms with Gasteiger partial charge in [0.05, 0.1) is 24.0 Å². The highest BCUT2D eigenvalue weighted by Gasteiger charge is 2.33. The van der Waals surface area contributed by atoms with Gasteiger partial charge in [-0.2, -0.15) is 4.31 Å². The highest BCUT2D eigenvalue weighted by molar-refractivity contribution is 7.93. The van der Waals surface area contributed by atoms with Crippen LogP contribution in [-0.4, -0.2) is 21.4 Å². The monoisotopic (exact) mass is 407 g/mol. The van der Waals surface area contributed by atoms with Gasteiger partial charge in [0.2, 0.25) is 0 Å². The maximum atomic E-state index is 13.5. The summed E-state index contributed by atoms with van der Waals surface area (Å²) in [5, 5.41) is 1.66. The molecule has 4 rings (SSSR count). The molecule has 1 heterocycles. The molecule has 0 aliphatic rings. The van der Waals surface area contributed by atoms with Crippen LogP contribution in [0.2, 0.25) is 0 Å². The zero-order valence-corrected chi connectivity index (χ0v) is 16.3. The number of hydrogen-bond donors (Lipinski definition) is 0. The summed E-state index contributed by atoms with van der Waals surface area (Å²) in [4.78, 5) is 13.1. The predicted octanol–water partition coefficient (Wildman–Crippen LogP) is 4.48. The maximum Gasteiger partial charge on any atom is 0.307 e. The molecule has 146 valence electrons. The molecule has 0 fully saturated rings. The van der Waals surface area contributed by atoms with E-state index in [2.05, 4.69) is 0 Å². The molecule has 1 amide bonds. The summed E-state index contributed by atoms with van der Waals surface area (Å²) >= 11 is 0. The topological polar surface area (TPSA) is 76.8 Å². The molecule has 3 aromatic carbocycles. The van der Waals surface area contributed by atoms with E-state index >= 15 is 0 Å². The van der Waals surface area contributed by atoms with Crippen LogP contribution in [-0.2, 0) is 10.0 Å². The molecule has 0 N–H and O–H groups in total. The second-order valence-electron chi connectivity index (χ2n) is 6.26. The van der Waals surface area contributed by atoms with Gasteiger partial charge in [-0.15, -0.1) is 0 Å². The fourth-order valence-corrected chi connectivity index (χ4v) is 4.45. The lowest BCUT2D eigenvalue weighted by atomic mass is 10.1. The third kappa shape index (κ3) is 3.48. The van der Waals surface area contributed by atoms with Crippen molar-refractivity contribution >= 4 is 32.4 Å². The highest BCUT2D eigenvalue weighted by Crippen LogP contribution is 2.29. The average molecular weight is 407 g/mol. The van der Waals surface area contributed by atoms with Crippen molar-refractivity contribution in [3.63, 3.8) is 0 Å². The third-order valence-electron chi connectivity index (χ3n) is 4.48. The molecule has 0 aliphatic carbocycles. The number of methoxy groups -OCH3 is 1. The molecule has 0 radical (unpaired) electrons. The Morgan fingerprint density at radius 3 is 2.28 bits per heavy atom. The molecule has 0 bridgehead atoms. The van der Waals surface area contributed by atoms with E-state index in [1.165, 1.54) is 43.7 Å². The number of anilines is 1. The SMILES string of the molecule is COc1ccc(N(C(=O)c2ccco2)S(=O)(=O)c2ccc3ccccc3c2)cc1. The Labute approximate surface area is 168 Å². The van der Waals surface area contributed by atoms with Gasteiger partial charge in [0.1, 0.15) is 5.75 Å². The van der Waals surface area contributed by atoms with Crippen LogP contribution < -0.4 is 9.04 Å². The molecule has 0 aliphatic heterocycles. The van der Waals surface area contributed by atoms with Crippen LogP contribution in [0.5, 0.6) is 5.75 Å². The largest absolute Gasteiger partial charge is 0.497 e. The maximum absolute atomic E-state index is 13.5. The smallest absolute Gasteiger partial charge is 0.307 e. The Morgan fingerprint density at radius 2 is 1.62 bits per heavy atom. The first kappa shape index (κ1) is 18.8. The highest BCUT2D eigenvalue weighted by atomic mass is 32.2. The fourth-order valence-electron chi connectivity index (χ4n) is 3.02. The summed E-state index contributed by atoms with van der Waals surface area (Å²) in [5.41, 5.74) is 0.181. The molecule has 6 nitrogen and oxygen atoms in total. The Kier molecular flexibility index (Phi) is 4.82. The van der Waals surface area contributed by atoms with Gasteiger partial charge in [-0.05, 0) is 59.3 Å². The zero-order chi connectivity index (χ0) is 20.4. The van der Waals surface area contributed by atoms with E-state index in [-0.39, 0.29) is 16.3 Å². The standard InChI is InChI=1S/C22H17NO5S/c1-27-19-11-9-18(10-12-19)23(22(24)21-7-4-14-28-21)29(25,26)20-13-8-16-5-2-3-6-17(16)15-20/h2-15H,1H3. The van der Waals surface area contributed by atoms with Crippen molar-refractivity contribution in [2.45, 2.75) is 4.90 Å². The number of furan rings is 1. The number of fused-ring (bicyclic) bond motifs is 1. The normalized spacial score (nSPS) is 11.3. The van der Waals surface area contributed by atoms with Crippen LogP contribution >= 0.6 is 0 Å². The van der Waals surface area contributed by atoms with Crippen molar-refractivity contribution < 1.29 is 22.4 Å². The number of rotatable bonds is 5. The van der Waals surface area contributed by atoms with Crippen molar-refractivity contribution in [1.82, 2.24) is 0 Å². The van der Waals surface area contributed by atoms with Gasteiger partial charge in [0, 0.05) is 0 Å². The van der Waals surface area contributed by atoms with Crippen LogP contribution in [0.1, 0.15) is 10.6 Å². The first-order chi connectivity index (χ1) is 14.0. The lowest BCUT2D eigenvalue weighted by Crippen LogP contribution is -2.36. The summed E-state index contributed by atoms with van der Waals surface area (Å²) < 4.78 is 38.0. The number of carbonyl (C=O) groups excluding carboxylic acids is 1. The fraction of sp³-hybridized carbons (Fsp3) is 0.0455. The summed E-state index contributed by atoms with van der Waals surface area (Å²) in [6.07, 6.45) is 1.32. The molecule has 0 spiro atoms. The van der Waals surface area contributed by atoms with E-state index < -0.39 is 15.9 Å². The number of ether oxygens (including phenoxy) is 1. The van der Waals surface area contributed by atoms with E-state index in [1.807, 2.05) is 24.3 Å². The molecule has 0 atom stereocenters. The molecule has 0 saturated heterocycles. The van der Waals surface area contributed by atoms with Crippen LogP contribution in [0.25, 0.3) is 10.8 Å². The van der Waals surface area contributed by atoms with Gasteiger partial charge in [0.15, 0.2) is 5.76 Å². The molecular weight excluding hydrogens is 390 g/mol. The van der Waals surface area contributed by atoms with Gasteiger partial charge < -0.3 is 9.15 Å². The number of benzene rings is 3. The second kappa shape index (κ2) is 7.44. The van der Waals surface area contributed by atoms with Crippen molar-refractivity contribution in [3.8, 4) is 5.75 Å². The second-order valence-corrected chi connectivity index (χ2v) is 8.05. The molecule has 0 unspecified atom stereocenters. The van der Waals surface area contributed by atoms with Crippen LogP contribution in [0.4, 0.5) is 5.69 Å². The number of hydrogen-bond acceptors (Lipinski definition) is 5. The van der Waals surface area contributed by atoms with Crippen molar-refractivity contribution in [2.75, 3.05) is 11.4 Å². The molecule has 4 aromatic rings. The zero-order valence-electron chi connectivity index (χ0n) is 15.5. The van der Waals surface area contributed by atoms with Gasteiger partial charge in [-0.25, -0.2) is 8.42 Å². The lowest BCUT2D eigenvalue weighted by Gasteiger charge is -2.22. The van der Waals surface area contributed by atoms with E-state index in [1.54, 1.807) is 24.3 Å². The Balaban J connectivity index is 1.86. The number of sulfonamides is 1. The number of nitrogens with zero attached hydrogens (tertiary/aromatic N) is 1. The first-order valence-electron chi connectivity index (χ1n) is 8.77. The molecule has 29 heavy (non-hydrogen) atoms. The Bertz CT molecular complexity index is 1260. The minimum Gasteiger partial charge on any atom is -0.497 e. The van der Waals surface area contributed by atoms with Crippen LogP contribution in [0.3, 0.4) is 0 Å². The van der Waals surface area contributed by atoms with E-state index in [0.29, 0.717) is 5.75 Å². The lowest BCUT2D eigenvalue weighted by molar-refractivity contribution is 0.0979. The summed E-state index contributed by atoms with van der Waals surface area (Å²) in [6.45, 7) is 0. The van der Waals surface area contributed by atoms with E-state index in [4.69, 9.17) is 9.15 Å². The van der Waals surface area contributed by atoms with E-state index in [0.717, 1.165) is 15.1 Å². The first-order valence-corrected chi connectivity index (χ1v) is 10.2. The molecular formula is C22H17NO5S. The van der Waals surface area contributed by atoms with Gasteiger partial charge in [-0.3, -0.25) is 4.79 Å². The average Bonchev–Trinajstić information content (AvgIpc) is 3.29. The predicted molar refractivity (Wildman–Crippen MR) is 110 cm³/mol. The Hall–Kier alpha value is -3.58. The van der Waals surface area contributed by atoms with Crippen LogP contribution in [0, 0.1) is 0 Å². The molecule has 1 aromatic heterocycles. The Morgan fingerprint density at radius 1 is 0.897 bits per heavy atom. The van der Waals surface area contributed by atoms with Crippen LogP contribution in [0.15, 0.2) is 94.4 Å². The third-order valence-corrected chi connectivity index (χ3v) is 6.19. The summed E-state index contributed by atoms with van der Waals surface area (Å²) in [5.74, 6) is -0.319. The minimum absolute atomic E-state index is 0.00641. The number of amides is 1. The summed E-state index contributed by atoms with van der Waals surface area (Å²) in [6, 6.07) is 21.3. The van der Waals surface area contributed by atoms with Gasteiger partial charge >= 0.3 is 5.91 Å². The summed E-state index contributed by atoms with van der Waals surface area (Å²) in [7, 11) is -2.70. The number of carbonyl (C=O) groups is 1. The van der Waals surface area contributed by atoms with Crippen molar-refractivity contribution in [3.05, 3.63) is 90.9 Å². The van der Waals surface area contributed by atoms with Gasteiger partial charge in [0.25, 0.3) is 10.0 Å². The van der Waals surface area contributed by atoms with Crippen molar-refractivity contribution in [1.29, 1.82) is 0 Å². The molecule has 7 heteroatoms. The van der Waals surface area contributed by atoms with Gasteiger partial charge in [-0.1, -0.05) is 30.3 Å². The minimum atomic E-state index is -4.21. The molecule has 0 saturated carbocycles. The van der Waals surface area contributed by atoms with E-state index in [9.17, 15) is 13.2 Å². The van der Waals surface area contributed by atoms with Crippen molar-refractivity contribution in [2.24, 2.45) is 0 Å². The quantitative estimate of drug-likeness (QED) is 0.488.